The predicted octanol–water partition coefficient (Wildman–Crippen LogP) is 2.11. The minimum Gasteiger partial charge on any atom is -0.290 e. The summed E-state index contributed by atoms with van der Waals surface area (Å²) in [5.41, 5.74) is 3.31. The molecule has 0 saturated heterocycles. The van der Waals surface area contributed by atoms with Crippen molar-refractivity contribution in [2.45, 2.75) is 30.1 Å². The number of anilines is 1. The van der Waals surface area contributed by atoms with Gasteiger partial charge in [-0.05, 0) is 54.4 Å². The number of azo groups is 1. The highest BCUT2D eigenvalue weighted by Crippen LogP contribution is 2.17. The van der Waals surface area contributed by atoms with E-state index in [0.29, 0.717) is 5.69 Å². The van der Waals surface area contributed by atoms with Crippen molar-refractivity contribution in [3.63, 3.8) is 0 Å². The summed E-state index contributed by atoms with van der Waals surface area (Å²) in [6.07, 6.45) is 0.175. The first kappa shape index (κ1) is 24.3. The van der Waals surface area contributed by atoms with Gasteiger partial charge in [0.2, 0.25) is 31.7 Å². The first-order chi connectivity index (χ1) is 14.4. The molecule has 0 aliphatic carbocycles. The number of primary sulfonamides is 2. The number of sulfonamides is 2. The van der Waals surface area contributed by atoms with Gasteiger partial charge in [-0.2, -0.15) is 0 Å². The first-order valence-corrected chi connectivity index (χ1v) is 12.0. The lowest BCUT2D eigenvalue weighted by Crippen LogP contribution is -2.15. The van der Waals surface area contributed by atoms with Crippen molar-refractivity contribution in [3.8, 4) is 0 Å². The van der Waals surface area contributed by atoms with E-state index in [9.17, 15) is 21.6 Å². The molecule has 0 aliphatic heterocycles. The van der Waals surface area contributed by atoms with Gasteiger partial charge in [-0.1, -0.05) is 13.8 Å². The highest BCUT2D eigenvalue weighted by atomic mass is 32.2. The zero-order valence-electron chi connectivity index (χ0n) is 16.8. The minimum atomic E-state index is -3.84. The Kier molecular flexibility index (Phi) is 7.73. The molecule has 0 fully saturated rings. The summed E-state index contributed by atoms with van der Waals surface area (Å²) in [6, 6.07) is 10.7. The van der Waals surface area contributed by atoms with Crippen molar-refractivity contribution in [2.75, 3.05) is 5.43 Å². The Balaban J connectivity index is 2.26. The Morgan fingerprint density at radius 3 is 1.84 bits per heavy atom. The molecule has 2 aromatic carbocycles. The fraction of sp³-hybridized carbons (Fsp3) is 0.222. The lowest BCUT2D eigenvalue weighted by atomic mass is 10.1. The Morgan fingerprint density at radius 2 is 1.39 bits per heavy atom. The number of carbonyl (C=O) groups excluding carboxylic acids is 1. The molecule has 11 nitrogen and oxygen atoms in total. The number of nitrogens with one attached hydrogen (secondary N) is 1. The van der Waals surface area contributed by atoms with Crippen LogP contribution in [0.15, 0.2) is 73.7 Å². The van der Waals surface area contributed by atoms with Gasteiger partial charge in [0.05, 0.1) is 21.2 Å². The number of benzene rings is 2. The van der Waals surface area contributed by atoms with Gasteiger partial charge in [-0.15, -0.1) is 15.3 Å². The summed E-state index contributed by atoms with van der Waals surface area (Å²) in [5, 5.41) is 21.9. The first-order valence-electron chi connectivity index (χ1n) is 8.90. The fourth-order valence-corrected chi connectivity index (χ4v) is 3.28. The smallest absolute Gasteiger partial charge is 0.238 e. The topological polar surface area (TPSA) is 186 Å². The molecule has 0 saturated carbocycles. The van der Waals surface area contributed by atoms with Gasteiger partial charge in [-0.3, -0.25) is 10.2 Å². The lowest BCUT2D eigenvalue weighted by molar-refractivity contribution is -0.113. The van der Waals surface area contributed by atoms with Crippen molar-refractivity contribution in [2.24, 2.45) is 31.5 Å². The van der Waals surface area contributed by atoms with Crippen LogP contribution in [0.25, 0.3) is 0 Å². The number of carbonyl (C=O) groups is 1. The van der Waals surface area contributed by atoms with Crippen LogP contribution in [0.3, 0.4) is 0 Å². The fourth-order valence-electron chi connectivity index (χ4n) is 2.25. The van der Waals surface area contributed by atoms with Crippen LogP contribution in [0.4, 0.5) is 11.4 Å². The molecule has 2 aromatic rings. The van der Waals surface area contributed by atoms with E-state index in [1.807, 2.05) is 13.8 Å². The standard InChI is InChI=1S/C18H22N6O5S2/c1-12(2)11-17(25)18(23-21-13-3-7-15(8-4-13)30(19,26)27)24-22-14-5-9-16(10-6-14)31(20,28)29/h3-10,12,21H,11H2,1-2H3,(H2,19,26,27)(H2,20,28,29)/b23-18+,24-22?. The average molecular weight is 467 g/mol. The van der Waals surface area contributed by atoms with E-state index in [1.54, 1.807) is 0 Å². The molecule has 0 radical (unpaired) electrons. The summed E-state index contributed by atoms with van der Waals surface area (Å²) >= 11 is 0. The zero-order chi connectivity index (χ0) is 23.2. The van der Waals surface area contributed by atoms with Crippen LogP contribution in [-0.4, -0.2) is 28.5 Å². The van der Waals surface area contributed by atoms with Crippen LogP contribution in [0.5, 0.6) is 0 Å². The Hall–Kier alpha value is -3.00. The molecule has 166 valence electrons. The second-order valence-corrected chi connectivity index (χ2v) is 10.00. The van der Waals surface area contributed by atoms with Gasteiger partial charge < -0.3 is 0 Å². The Bertz CT molecular complexity index is 1200. The van der Waals surface area contributed by atoms with E-state index in [4.69, 9.17) is 10.3 Å². The number of ketones is 1. The molecule has 0 amide bonds. The maximum absolute atomic E-state index is 12.5. The Morgan fingerprint density at radius 1 is 0.903 bits per heavy atom. The zero-order valence-corrected chi connectivity index (χ0v) is 18.4. The van der Waals surface area contributed by atoms with Crippen LogP contribution >= 0.6 is 0 Å². The van der Waals surface area contributed by atoms with Gasteiger partial charge in [0.1, 0.15) is 0 Å². The summed E-state index contributed by atoms with van der Waals surface area (Å²) in [6.45, 7) is 3.72. The molecular weight excluding hydrogens is 444 g/mol. The monoisotopic (exact) mass is 466 g/mol. The van der Waals surface area contributed by atoms with E-state index < -0.39 is 20.0 Å². The van der Waals surface area contributed by atoms with Gasteiger partial charge >= 0.3 is 0 Å². The van der Waals surface area contributed by atoms with Crippen LogP contribution in [-0.2, 0) is 24.8 Å². The number of hydrogen-bond donors (Lipinski definition) is 3. The number of hydrogen-bond acceptors (Lipinski definition) is 8. The van der Waals surface area contributed by atoms with E-state index in [0.717, 1.165) is 0 Å². The van der Waals surface area contributed by atoms with Crippen LogP contribution < -0.4 is 15.7 Å². The van der Waals surface area contributed by atoms with Crippen molar-refractivity contribution < 1.29 is 21.6 Å². The Labute approximate surface area is 180 Å². The molecule has 0 heterocycles. The molecule has 0 bridgehead atoms. The number of hydrazone groups is 1. The maximum Gasteiger partial charge on any atom is 0.238 e. The molecule has 0 unspecified atom stereocenters. The highest BCUT2D eigenvalue weighted by molar-refractivity contribution is 7.89. The molecular formula is C18H22N6O5S2. The molecule has 2 rings (SSSR count). The van der Waals surface area contributed by atoms with E-state index in [2.05, 4.69) is 20.8 Å². The van der Waals surface area contributed by atoms with E-state index >= 15 is 0 Å². The van der Waals surface area contributed by atoms with Crippen molar-refractivity contribution in [1.82, 2.24) is 0 Å². The SMILES string of the molecule is CC(C)CC(=O)/C(N=Nc1ccc(S(N)(=O)=O)cc1)=N\Nc1ccc(S(N)(=O)=O)cc1. The van der Waals surface area contributed by atoms with Gasteiger partial charge in [0, 0.05) is 6.42 Å². The number of amidine groups is 1. The van der Waals surface area contributed by atoms with Crippen LogP contribution in [0.2, 0.25) is 0 Å². The largest absolute Gasteiger partial charge is 0.290 e. The van der Waals surface area contributed by atoms with Gasteiger partial charge in [0.15, 0.2) is 0 Å². The maximum atomic E-state index is 12.5. The van der Waals surface area contributed by atoms with E-state index in [-0.39, 0.29) is 39.4 Å². The number of nitrogens with zero attached hydrogens (tertiary/aromatic N) is 3. The normalized spacial score (nSPS) is 13.0. The molecule has 0 atom stereocenters. The predicted molar refractivity (Wildman–Crippen MR) is 116 cm³/mol. The number of nitrogens with two attached hydrogens (primary N) is 2. The van der Waals surface area contributed by atoms with Crippen molar-refractivity contribution >= 4 is 43.0 Å². The minimum absolute atomic E-state index is 0.0518. The second-order valence-electron chi connectivity index (χ2n) is 6.88. The summed E-state index contributed by atoms with van der Waals surface area (Å²) in [4.78, 5) is 12.3. The summed E-state index contributed by atoms with van der Waals surface area (Å²) in [7, 11) is -7.66. The molecule has 0 aromatic heterocycles. The summed E-state index contributed by atoms with van der Waals surface area (Å²) < 4.78 is 45.2. The van der Waals surface area contributed by atoms with Crippen molar-refractivity contribution in [3.05, 3.63) is 48.5 Å². The van der Waals surface area contributed by atoms with Crippen LogP contribution in [0.1, 0.15) is 20.3 Å². The highest BCUT2D eigenvalue weighted by Gasteiger charge is 2.14. The average Bonchev–Trinajstić information content (AvgIpc) is 2.66. The molecule has 0 spiro atoms. The van der Waals surface area contributed by atoms with Gasteiger partial charge in [-0.25, -0.2) is 27.1 Å². The van der Waals surface area contributed by atoms with Gasteiger partial charge in [0.25, 0.3) is 0 Å². The number of Topliss-reactive ketones (excluding diaryl/α,β-unsaturated/α-hetero) is 1. The third-order valence-electron chi connectivity index (χ3n) is 3.74. The summed E-state index contributed by atoms with van der Waals surface area (Å²) in [5.74, 6) is -0.524. The second kappa shape index (κ2) is 9.87. The van der Waals surface area contributed by atoms with E-state index in [1.165, 1.54) is 48.5 Å². The molecule has 0 aliphatic rings. The van der Waals surface area contributed by atoms with Crippen LogP contribution in [0, 0.1) is 5.92 Å². The number of rotatable bonds is 8. The quantitative estimate of drug-likeness (QED) is 0.231. The third-order valence-corrected chi connectivity index (χ3v) is 5.60. The molecule has 31 heavy (non-hydrogen) atoms. The molecule has 13 heteroatoms. The van der Waals surface area contributed by atoms with Crippen molar-refractivity contribution in [1.29, 1.82) is 0 Å². The molecule has 5 N–H and O–H groups in total. The lowest BCUT2D eigenvalue weighted by Gasteiger charge is -2.05. The third kappa shape index (κ3) is 7.64.